The van der Waals surface area contributed by atoms with E-state index in [0.29, 0.717) is 0 Å². The van der Waals surface area contributed by atoms with E-state index in [1.165, 1.54) is 66.1 Å². The standard InChI is InChI=1S/C46H35N/c1-31-21-23-40(32(2)25-31)37-26-38(44-29-36-17-9-10-18-41(36)42-19-11-12-20-43(42)44)28-39(27-37)46-30-35(33-13-5-3-6-14-33)22-24-45(47-46)34-15-7-4-8-16-34/h3-21,23-30H,22H2,1-2H3. The van der Waals surface area contributed by atoms with Gasteiger partial charge in [-0.15, -0.1) is 0 Å². The number of fused-ring (bicyclic) bond motifs is 3. The molecule has 0 fully saturated rings. The van der Waals surface area contributed by atoms with E-state index >= 15 is 0 Å². The van der Waals surface area contributed by atoms with Gasteiger partial charge < -0.3 is 0 Å². The number of benzene rings is 7. The van der Waals surface area contributed by atoms with Crippen molar-refractivity contribution < 1.29 is 0 Å². The fourth-order valence-corrected chi connectivity index (χ4v) is 6.95. The zero-order chi connectivity index (χ0) is 31.7. The summed E-state index contributed by atoms with van der Waals surface area (Å²) in [5.74, 6) is 0. The molecule has 0 saturated carbocycles. The molecule has 1 heteroatoms. The molecule has 8 rings (SSSR count). The van der Waals surface area contributed by atoms with Gasteiger partial charge >= 0.3 is 0 Å². The van der Waals surface area contributed by atoms with Gasteiger partial charge in [0.25, 0.3) is 0 Å². The van der Waals surface area contributed by atoms with Crippen molar-refractivity contribution in [3.05, 3.63) is 192 Å². The van der Waals surface area contributed by atoms with E-state index in [1.54, 1.807) is 0 Å². The summed E-state index contributed by atoms with van der Waals surface area (Å²) >= 11 is 0. The van der Waals surface area contributed by atoms with Gasteiger partial charge in [-0.05, 0) is 117 Å². The second-order valence-corrected chi connectivity index (χ2v) is 12.5. The van der Waals surface area contributed by atoms with Crippen LogP contribution in [-0.2, 0) is 0 Å². The molecule has 0 saturated heterocycles. The van der Waals surface area contributed by atoms with Crippen molar-refractivity contribution in [1.29, 1.82) is 0 Å². The van der Waals surface area contributed by atoms with E-state index in [2.05, 4.69) is 178 Å². The summed E-state index contributed by atoms with van der Waals surface area (Å²) in [6.45, 7) is 4.38. The van der Waals surface area contributed by atoms with Crippen LogP contribution in [0.2, 0.25) is 0 Å². The summed E-state index contributed by atoms with van der Waals surface area (Å²) in [5.41, 5.74) is 14.1. The minimum absolute atomic E-state index is 0.806. The molecule has 1 aliphatic heterocycles. The van der Waals surface area contributed by atoms with E-state index in [4.69, 9.17) is 4.99 Å². The Kier molecular flexibility index (Phi) is 7.44. The Hall–Kier alpha value is -5.79. The van der Waals surface area contributed by atoms with Crippen LogP contribution in [0.5, 0.6) is 0 Å². The highest BCUT2D eigenvalue weighted by molar-refractivity contribution is 6.17. The van der Waals surface area contributed by atoms with E-state index in [9.17, 15) is 0 Å². The molecule has 0 unspecified atom stereocenters. The molecule has 0 bridgehead atoms. The zero-order valence-electron chi connectivity index (χ0n) is 26.7. The molecule has 0 radical (unpaired) electrons. The Morgan fingerprint density at radius 1 is 0.468 bits per heavy atom. The first-order chi connectivity index (χ1) is 23.1. The van der Waals surface area contributed by atoms with Gasteiger partial charge in [-0.1, -0.05) is 139 Å². The van der Waals surface area contributed by atoms with Gasteiger partial charge in [0.05, 0.1) is 11.4 Å². The molecule has 0 atom stereocenters. The van der Waals surface area contributed by atoms with Gasteiger partial charge in [0.15, 0.2) is 0 Å². The van der Waals surface area contributed by atoms with E-state index in [-0.39, 0.29) is 0 Å². The van der Waals surface area contributed by atoms with Crippen LogP contribution in [0.3, 0.4) is 0 Å². The predicted molar refractivity (Wildman–Crippen MR) is 202 cm³/mol. The van der Waals surface area contributed by atoms with Crippen molar-refractivity contribution in [2.75, 3.05) is 0 Å². The van der Waals surface area contributed by atoms with Gasteiger partial charge in [0, 0.05) is 5.56 Å². The maximum atomic E-state index is 5.41. The molecule has 0 aromatic heterocycles. The molecule has 1 nitrogen and oxygen atoms in total. The van der Waals surface area contributed by atoms with E-state index < -0.39 is 0 Å². The van der Waals surface area contributed by atoms with Crippen LogP contribution in [-0.4, -0.2) is 5.71 Å². The monoisotopic (exact) mass is 601 g/mol. The van der Waals surface area contributed by atoms with E-state index in [1.807, 2.05) is 0 Å². The largest absolute Gasteiger partial charge is 0.248 e. The number of aliphatic imine (C=N–C) groups is 1. The summed E-state index contributed by atoms with van der Waals surface area (Å²) in [6, 6.07) is 54.9. The highest BCUT2D eigenvalue weighted by Gasteiger charge is 2.17. The molecule has 7 aromatic rings. The first-order valence-corrected chi connectivity index (χ1v) is 16.3. The average molecular weight is 602 g/mol. The normalized spacial score (nSPS) is 13.2. The van der Waals surface area contributed by atoms with Crippen molar-refractivity contribution in [3.63, 3.8) is 0 Å². The highest BCUT2D eigenvalue weighted by Crippen LogP contribution is 2.39. The minimum atomic E-state index is 0.806. The fourth-order valence-electron chi connectivity index (χ4n) is 6.95. The third-order valence-electron chi connectivity index (χ3n) is 9.28. The van der Waals surface area contributed by atoms with Gasteiger partial charge in [-0.3, -0.25) is 0 Å². The Morgan fingerprint density at radius 3 is 1.83 bits per heavy atom. The van der Waals surface area contributed by atoms with Crippen molar-refractivity contribution in [3.8, 4) is 22.3 Å². The molecule has 1 heterocycles. The fraction of sp³-hybridized carbons (Fsp3) is 0.0652. The SMILES string of the molecule is Cc1ccc(-c2cc(C3=NC(c4ccccc4)=CCC(c4ccccc4)=C3)cc(-c3cc4ccccc4c4ccccc34)c2)c(C)c1. The second kappa shape index (κ2) is 12.2. The third-order valence-corrected chi connectivity index (χ3v) is 9.28. The maximum absolute atomic E-state index is 5.41. The first kappa shape index (κ1) is 28.7. The van der Waals surface area contributed by atoms with Crippen molar-refractivity contribution in [1.82, 2.24) is 0 Å². The molecule has 224 valence electrons. The molecule has 0 N–H and O–H groups in total. The molecule has 0 amide bonds. The molecule has 1 aliphatic rings. The third kappa shape index (κ3) is 5.62. The lowest BCUT2D eigenvalue weighted by atomic mass is 9.88. The lowest BCUT2D eigenvalue weighted by molar-refractivity contribution is 1.38. The molecule has 0 aliphatic carbocycles. The maximum Gasteiger partial charge on any atom is 0.0712 e. The summed E-state index contributed by atoms with van der Waals surface area (Å²) in [7, 11) is 0. The quantitative estimate of drug-likeness (QED) is 0.174. The summed E-state index contributed by atoms with van der Waals surface area (Å²) < 4.78 is 0. The van der Waals surface area contributed by atoms with Crippen LogP contribution < -0.4 is 0 Å². The van der Waals surface area contributed by atoms with E-state index in [0.717, 1.165) is 29.0 Å². The van der Waals surface area contributed by atoms with Gasteiger partial charge in [0.2, 0.25) is 0 Å². The predicted octanol–water partition coefficient (Wildman–Crippen LogP) is 12.3. The van der Waals surface area contributed by atoms with Crippen LogP contribution in [0.25, 0.3) is 55.1 Å². The van der Waals surface area contributed by atoms with Crippen molar-refractivity contribution >= 4 is 38.5 Å². The van der Waals surface area contributed by atoms with Gasteiger partial charge in [-0.25, -0.2) is 4.99 Å². The number of rotatable bonds is 5. The summed E-state index contributed by atoms with van der Waals surface area (Å²) in [5, 5.41) is 5.04. The zero-order valence-corrected chi connectivity index (χ0v) is 26.7. The molecular weight excluding hydrogens is 567 g/mol. The number of hydrogen-bond acceptors (Lipinski definition) is 1. The number of nitrogens with zero attached hydrogens (tertiary/aromatic N) is 1. The average Bonchev–Trinajstić information content (AvgIpc) is 3.36. The van der Waals surface area contributed by atoms with Gasteiger partial charge in [-0.2, -0.15) is 0 Å². The lowest BCUT2D eigenvalue weighted by Gasteiger charge is -2.16. The second-order valence-electron chi connectivity index (χ2n) is 12.5. The topological polar surface area (TPSA) is 12.4 Å². The van der Waals surface area contributed by atoms with Crippen LogP contribution in [0.15, 0.2) is 169 Å². The Balaban J connectivity index is 1.41. The van der Waals surface area contributed by atoms with Gasteiger partial charge in [0.1, 0.15) is 0 Å². The molecule has 0 spiro atoms. The van der Waals surface area contributed by atoms with Crippen LogP contribution in [0.4, 0.5) is 0 Å². The smallest absolute Gasteiger partial charge is 0.0712 e. The Morgan fingerprint density at radius 2 is 1.09 bits per heavy atom. The number of hydrogen-bond donors (Lipinski definition) is 0. The first-order valence-electron chi connectivity index (χ1n) is 16.3. The molecule has 7 aromatic carbocycles. The summed E-state index contributed by atoms with van der Waals surface area (Å²) in [4.78, 5) is 5.41. The minimum Gasteiger partial charge on any atom is -0.248 e. The van der Waals surface area contributed by atoms with Crippen LogP contribution in [0.1, 0.15) is 34.2 Å². The lowest BCUT2D eigenvalue weighted by Crippen LogP contribution is -2.01. The van der Waals surface area contributed by atoms with Crippen LogP contribution in [0, 0.1) is 13.8 Å². The molecule has 47 heavy (non-hydrogen) atoms. The summed E-state index contributed by atoms with van der Waals surface area (Å²) in [6.07, 6.45) is 5.37. The highest BCUT2D eigenvalue weighted by atomic mass is 14.8. The Labute approximate surface area is 276 Å². The van der Waals surface area contributed by atoms with Crippen molar-refractivity contribution in [2.45, 2.75) is 20.3 Å². The Bertz CT molecular complexity index is 2370. The number of aryl methyl sites for hydroxylation is 2. The molecular formula is C46H35N. The van der Waals surface area contributed by atoms with Crippen molar-refractivity contribution in [2.24, 2.45) is 4.99 Å². The number of allylic oxidation sites excluding steroid dienone is 3. The van der Waals surface area contributed by atoms with Crippen LogP contribution >= 0.6 is 0 Å².